The minimum atomic E-state index is 0.295. The molecule has 2 rings (SSSR count). The summed E-state index contributed by atoms with van der Waals surface area (Å²) in [4.78, 5) is 2.97. The fourth-order valence-electron chi connectivity index (χ4n) is 1.69. The van der Waals surface area contributed by atoms with Gasteiger partial charge in [-0.15, -0.1) is 11.3 Å². The number of hydrogen-bond acceptors (Lipinski definition) is 1. The number of hydrogen-bond donors (Lipinski definition) is 0. The van der Waals surface area contributed by atoms with Crippen LogP contribution >= 0.6 is 43.2 Å². The molecule has 1 aromatic carbocycles. The van der Waals surface area contributed by atoms with E-state index in [-0.39, 0.29) is 0 Å². The smallest absolute Gasteiger partial charge is 0.0738 e. The first kappa shape index (κ1) is 13.3. The monoisotopic (exact) mass is 372 g/mol. The van der Waals surface area contributed by atoms with Gasteiger partial charge < -0.3 is 0 Å². The molecule has 0 nitrogen and oxygen atoms in total. The zero-order valence-electron chi connectivity index (χ0n) is 9.84. The summed E-state index contributed by atoms with van der Waals surface area (Å²) in [5.74, 6) is 0. The quantitative estimate of drug-likeness (QED) is 0.590. The van der Waals surface area contributed by atoms with Gasteiger partial charge >= 0.3 is 0 Å². The van der Waals surface area contributed by atoms with Crippen LogP contribution in [0.5, 0.6) is 0 Å². The number of halogens is 2. The van der Waals surface area contributed by atoms with Crippen LogP contribution in [0.1, 0.15) is 32.6 Å². The molecule has 0 aliphatic rings. The second-order valence-corrected chi connectivity index (χ2v) is 7.07. The number of rotatable bonds is 3. The molecule has 1 heterocycles. The highest BCUT2D eigenvalue weighted by atomic mass is 79.9. The van der Waals surface area contributed by atoms with Gasteiger partial charge in [-0.1, -0.05) is 47.1 Å². The van der Waals surface area contributed by atoms with Crippen LogP contribution in [-0.2, 0) is 6.42 Å². The summed E-state index contributed by atoms with van der Waals surface area (Å²) in [5, 5.41) is 0. The van der Waals surface area contributed by atoms with E-state index in [0.29, 0.717) is 4.83 Å². The van der Waals surface area contributed by atoms with Crippen molar-refractivity contribution in [2.24, 2.45) is 0 Å². The van der Waals surface area contributed by atoms with Crippen LogP contribution in [0.2, 0.25) is 0 Å². The molecule has 1 atom stereocenters. The largest absolute Gasteiger partial charge is 0.143 e. The third kappa shape index (κ3) is 3.01. The highest BCUT2D eigenvalue weighted by molar-refractivity contribution is 9.10. The van der Waals surface area contributed by atoms with E-state index < -0.39 is 0 Å². The van der Waals surface area contributed by atoms with Gasteiger partial charge in [0.05, 0.1) is 4.83 Å². The van der Waals surface area contributed by atoms with Gasteiger partial charge in [0.15, 0.2) is 0 Å². The Morgan fingerprint density at radius 1 is 1.24 bits per heavy atom. The number of thiophene rings is 1. The van der Waals surface area contributed by atoms with Crippen LogP contribution < -0.4 is 0 Å². The Labute approximate surface area is 123 Å². The summed E-state index contributed by atoms with van der Waals surface area (Å²) in [5.41, 5.74) is 2.70. The molecule has 0 saturated heterocycles. The number of benzene rings is 1. The molecule has 0 radical (unpaired) electrons. The van der Waals surface area contributed by atoms with Crippen LogP contribution in [0, 0.1) is 6.92 Å². The van der Waals surface area contributed by atoms with Crippen molar-refractivity contribution in [1.82, 2.24) is 0 Å². The van der Waals surface area contributed by atoms with Crippen molar-refractivity contribution in [3.05, 3.63) is 55.7 Å². The maximum absolute atomic E-state index is 3.78. The molecule has 0 aliphatic heterocycles. The lowest BCUT2D eigenvalue weighted by atomic mass is 10.1. The Morgan fingerprint density at radius 2 is 1.88 bits per heavy atom. The standard InChI is InChI=1S/C14H14Br2S/c1-3-10-4-6-11(7-5-10)14(16)13-8-12(15)9(2)17-13/h4-8,14H,3H2,1-2H3. The zero-order valence-corrected chi connectivity index (χ0v) is 13.8. The van der Waals surface area contributed by atoms with Gasteiger partial charge in [-0.2, -0.15) is 0 Å². The van der Waals surface area contributed by atoms with Gasteiger partial charge in [0.25, 0.3) is 0 Å². The van der Waals surface area contributed by atoms with Crippen LogP contribution in [0.25, 0.3) is 0 Å². The van der Waals surface area contributed by atoms with Crippen LogP contribution in [0.3, 0.4) is 0 Å². The number of alkyl halides is 1. The van der Waals surface area contributed by atoms with Gasteiger partial charge in [-0.3, -0.25) is 0 Å². The number of aryl methyl sites for hydroxylation is 2. The normalized spacial score (nSPS) is 12.7. The maximum Gasteiger partial charge on any atom is 0.0738 e. The molecule has 1 aromatic heterocycles. The van der Waals surface area contributed by atoms with Gasteiger partial charge in [0.2, 0.25) is 0 Å². The highest BCUT2D eigenvalue weighted by Crippen LogP contribution is 2.38. The Bertz CT molecular complexity index is 480. The van der Waals surface area contributed by atoms with E-state index in [1.165, 1.54) is 25.4 Å². The van der Waals surface area contributed by atoms with E-state index in [0.717, 1.165) is 6.42 Å². The summed E-state index contributed by atoms with van der Waals surface area (Å²) in [7, 11) is 0. The second-order valence-electron chi connectivity index (χ2n) is 4.01. The minimum absolute atomic E-state index is 0.295. The highest BCUT2D eigenvalue weighted by Gasteiger charge is 2.14. The van der Waals surface area contributed by atoms with Crippen molar-refractivity contribution < 1.29 is 0 Å². The van der Waals surface area contributed by atoms with E-state index >= 15 is 0 Å². The topological polar surface area (TPSA) is 0 Å². The third-order valence-electron chi connectivity index (χ3n) is 2.81. The molecule has 0 N–H and O–H groups in total. The predicted molar refractivity (Wildman–Crippen MR) is 83.3 cm³/mol. The molecule has 0 fully saturated rings. The molecule has 2 aromatic rings. The first-order valence-electron chi connectivity index (χ1n) is 5.60. The first-order chi connectivity index (χ1) is 8.11. The van der Waals surface area contributed by atoms with Crippen molar-refractivity contribution in [3.63, 3.8) is 0 Å². The van der Waals surface area contributed by atoms with Crippen LogP contribution in [-0.4, -0.2) is 0 Å². The van der Waals surface area contributed by atoms with E-state index in [9.17, 15) is 0 Å². The van der Waals surface area contributed by atoms with Crippen molar-refractivity contribution in [1.29, 1.82) is 0 Å². The second kappa shape index (κ2) is 5.68. The predicted octanol–water partition coefficient (Wildman–Crippen LogP) is 5.87. The van der Waals surface area contributed by atoms with Crippen LogP contribution in [0.15, 0.2) is 34.8 Å². The Balaban J connectivity index is 2.26. The van der Waals surface area contributed by atoms with E-state index in [2.05, 4.69) is 76.0 Å². The summed E-state index contributed by atoms with van der Waals surface area (Å²) in [6.07, 6.45) is 1.09. The zero-order chi connectivity index (χ0) is 12.4. The minimum Gasteiger partial charge on any atom is -0.143 e. The molecule has 0 aliphatic carbocycles. The summed E-state index contributed by atoms with van der Waals surface area (Å²) in [6, 6.07) is 11.0. The SMILES string of the molecule is CCc1ccc(C(Br)c2cc(Br)c(C)s2)cc1. The Morgan fingerprint density at radius 3 is 2.35 bits per heavy atom. The molecule has 0 spiro atoms. The van der Waals surface area contributed by atoms with E-state index in [4.69, 9.17) is 0 Å². The maximum atomic E-state index is 3.78. The molecule has 0 bridgehead atoms. The summed E-state index contributed by atoms with van der Waals surface area (Å²) < 4.78 is 1.20. The van der Waals surface area contributed by atoms with Gasteiger partial charge in [-0.05, 0) is 46.5 Å². The van der Waals surface area contributed by atoms with Gasteiger partial charge in [0, 0.05) is 14.2 Å². The molecule has 90 valence electrons. The Kier molecular flexibility index (Phi) is 4.45. The van der Waals surface area contributed by atoms with Gasteiger partial charge in [-0.25, -0.2) is 0 Å². The van der Waals surface area contributed by atoms with Crippen molar-refractivity contribution >= 4 is 43.2 Å². The van der Waals surface area contributed by atoms with Crippen LogP contribution in [0.4, 0.5) is 0 Å². The first-order valence-corrected chi connectivity index (χ1v) is 8.13. The van der Waals surface area contributed by atoms with Gasteiger partial charge in [0.1, 0.15) is 0 Å². The molecule has 1 unspecified atom stereocenters. The average Bonchev–Trinajstić information content (AvgIpc) is 2.69. The lowest BCUT2D eigenvalue weighted by molar-refractivity contribution is 1.12. The van der Waals surface area contributed by atoms with E-state index in [1.54, 1.807) is 0 Å². The summed E-state index contributed by atoms with van der Waals surface area (Å²) >= 11 is 9.18. The van der Waals surface area contributed by atoms with Crippen molar-refractivity contribution in [2.75, 3.05) is 0 Å². The molecule has 3 heteroatoms. The third-order valence-corrected chi connectivity index (χ3v) is 6.33. The molecular weight excluding hydrogens is 360 g/mol. The fourth-order valence-corrected chi connectivity index (χ4v) is 3.98. The molecule has 0 saturated carbocycles. The molecular formula is C14H14Br2S. The van der Waals surface area contributed by atoms with E-state index in [1.807, 2.05) is 11.3 Å². The fraction of sp³-hybridized carbons (Fsp3) is 0.286. The lowest BCUT2D eigenvalue weighted by Gasteiger charge is -2.08. The molecule has 17 heavy (non-hydrogen) atoms. The van der Waals surface area contributed by atoms with Crippen molar-refractivity contribution in [2.45, 2.75) is 25.1 Å². The Hall–Kier alpha value is -0.120. The molecule has 0 amide bonds. The average molecular weight is 374 g/mol. The lowest BCUT2D eigenvalue weighted by Crippen LogP contribution is -1.90. The summed E-state index contributed by atoms with van der Waals surface area (Å²) in [6.45, 7) is 4.32. The van der Waals surface area contributed by atoms with Crippen molar-refractivity contribution in [3.8, 4) is 0 Å².